The predicted octanol–water partition coefficient (Wildman–Crippen LogP) is 4.21. The van der Waals surface area contributed by atoms with E-state index in [4.69, 9.17) is 0 Å². The lowest BCUT2D eigenvalue weighted by Gasteiger charge is -2.06. The predicted molar refractivity (Wildman–Crippen MR) is 87.9 cm³/mol. The molecule has 0 aliphatic carbocycles. The van der Waals surface area contributed by atoms with Crippen molar-refractivity contribution in [3.63, 3.8) is 0 Å². The summed E-state index contributed by atoms with van der Waals surface area (Å²) in [4.78, 5) is 22.2. The Kier molecular flexibility index (Phi) is 4.71. The normalized spacial score (nSPS) is 10.1. The standard InChI is InChI=1S/C13H8BrIN2O3/c14-11-7-10(5-6-12(11)17(19)20)16-13(18)8-1-3-9(15)4-2-8/h1-7H,(H,16,18). The summed E-state index contributed by atoms with van der Waals surface area (Å²) in [5.74, 6) is -0.262. The zero-order valence-electron chi connectivity index (χ0n) is 9.97. The molecular weight excluding hydrogens is 439 g/mol. The van der Waals surface area contributed by atoms with Crippen molar-refractivity contribution >= 4 is 55.8 Å². The van der Waals surface area contributed by atoms with E-state index in [1.807, 2.05) is 12.1 Å². The lowest BCUT2D eigenvalue weighted by molar-refractivity contribution is -0.385. The third-order valence-corrected chi connectivity index (χ3v) is 3.86. The van der Waals surface area contributed by atoms with Gasteiger partial charge in [-0.25, -0.2) is 0 Å². The molecule has 0 radical (unpaired) electrons. The SMILES string of the molecule is O=C(Nc1ccc([N+](=O)[O-])c(Br)c1)c1ccc(I)cc1. The Morgan fingerprint density at radius 2 is 1.85 bits per heavy atom. The van der Waals surface area contributed by atoms with E-state index >= 15 is 0 Å². The van der Waals surface area contributed by atoms with E-state index in [0.717, 1.165) is 3.57 Å². The Morgan fingerprint density at radius 3 is 2.40 bits per heavy atom. The fraction of sp³-hybridized carbons (Fsp3) is 0. The molecule has 0 heterocycles. The Bertz CT molecular complexity index is 674. The van der Waals surface area contributed by atoms with Gasteiger partial charge in [-0.15, -0.1) is 0 Å². The maximum Gasteiger partial charge on any atom is 0.283 e. The van der Waals surface area contributed by atoms with Gasteiger partial charge in [0, 0.05) is 20.9 Å². The van der Waals surface area contributed by atoms with E-state index < -0.39 is 4.92 Å². The Hall–Kier alpha value is -1.48. The Balaban J connectivity index is 2.18. The molecular formula is C13H8BrIN2O3. The summed E-state index contributed by atoms with van der Waals surface area (Å²) in [5, 5.41) is 13.4. The first kappa shape index (κ1) is 14.9. The number of carbonyl (C=O) groups is 1. The fourth-order valence-electron chi connectivity index (χ4n) is 1.54. The van der Waals surface area contributed by atoms with Crippen LogP contribution in [0.3, 0.4) is 0 Å². The van der Waals surface area contributed by atoms with Gasteiger partial charge in [-0.1, -0.05) is 0 Å². The van der Waals surface area contributed by atoms with Crippen LogP contribution in [0.2, 0.25) is 0 Å². The molecule has 7 heteroatoms. The average Bonchev–Trinajstić information content (AvgIpc) is 2.39. The minimum absolute atomic E-state index is 0.0442. The summed E-state index contributed by atoms with van der Waals surface area (Å²) < 4.78 is 1.36. The number of amides is 1. The third-order valence-electron chi connectivity index (χ3n) is 2.51. The second kappa shape index (κ2) is 6.31. The summed E-state index contributed by atoms with van der Waals surface area (Å²) in [6, 6.07) is 11.4. The number of carbonyl (C=O) groups excluding carboxylic acids is 1. The first-order chi connectivity index (χ1) is 9.47. The number of hydrogen-bond donors (Lipinski definition) is 1. The zero-order valence-corrected chi connectivity index (χ0v) is 13.7. The van der Waals surface area contributed by atoms with Gasteiger partial charge in [0.15, 0.2) is 0 Å². The van der Waals surface area contributed by atoms with Crippen LogP contribution >= 0.6 is 38.5 Å². The first-order valence-electron chi connectivity index (χ1n) is 5.48. The highest BCUT2D eigenvalue weighted by atomic mass is 127. The van der Waals surface area contributed by atoms with E-state index in [0.29, 0.717) is 15.7 Å². The Labute approximate surface area is 136 Å². The lowest BCUT2D eigenvalue weighted by atomic mass is 10.2. The van der Waals surface area contributed by atoms with Crippen molar-refractivity contribution in [1.29, 1.82) is 0 Å². The van der Waals surface area contributed by atoms with Crippen LogP contribution in [0.1, 0.15) is 10.4 Å². The van der Waals surface area contributed by atoms with E-state index in [1.54, 1.807) is 12.1 Å². The minimum atomic E-state index is -0.491. The third kappa shape index (κ3) is 3.54. The highest BCUT2D eigenvalue weighted by Crippen LogP contribution is 2.27. The highest BCUT2D eigenvalue weighted by Gasteiger charge is 2.13. The van der Waals surface area contributed by atoms with Crippen molar-refractivity contribution in [3.8, 4) is 0 Å². The lowest BCUT2D eigenvalue weighted by Crippen LogP contribution is -2.11. The van der Waals surface area contributed by atoms with Crippen LogP contribution in [0, 0.1) is 13.7 Å². The Morgan fingerprint density at radius 1 is 1.20 bits per heavy atom. The number of nitrogens with one attached hydrogen (secondary N) is 1. The van der Waals surface area contributed by atoms with Crippen LogP contribution in [0.15, 0.2) is 46.9 Å². The molecule has 0 saturated heterocycles. The van der Waals surface area contributed by atoms with Gasteiger partial charge in [0.2, 0.25) is 0 Å². The fourth-order valence-corrected chi connectivity index (χ4v) is 2.42. The highest BCUT2D eigenvalue weighted by molar-refractivity contribution is 14.1. The van der Waals surface area contributed by atoms with Crippen molar-refractivity contribution in [2.24, 2.45) is 0 Å². The van der Waals surface area contributed by atoms with E-state index in [1.165, 1.54) is 18.2 Å². The van der Waals surface area contributed by atoms with Gasteiger partial charge in [-0.05, 0) is 74.9 Å². The summed E-state index contributed by atoms with van der Waals surface area (Å²) in [6.45, 7) is 0. The summed E-state index contributed by atoms with van der Waals surface area (Å²) in [6.07, 6.45) is 0. The maximum atomic E-state index is 12.0. The van der Waals surface area contributed by atoms with Crippen LogP contribution in [-0.2, 0) is 0 Å². The smallest absolute Gasteiger partial charge is 0.283 e. The molecule has 20 heavy (non-hydrogen) atoms. The van der Waals surface area contributed by atoms with Gasteiger partial charge in [-0.3, -0.25) is 14.9 Å². The number of nitro groups is 1. The van der Waals surface area contributed by atoms with E-state index in [-0.39, 0.29) is 11.6 Å². The van der Waals surface area contributed by atoms with Crippen molar-refractivity contribution < 1.29 is 9.72 Å². The molecule has 0 atom stereocenters. The number of hydrogen-bond acceptors (Lipinski definition) is 3. The number of nitrogens with zero attached hydrogens (tertiary/aromatic N) is 1. The second-order valence-electron chi connectivity index (χ2n) is 3.88. The number of rotatable bonds is 3. The molecule has 102 valence electrons. The molecule has 0 saturated carbocycles. The van der Waals surface area contributed by atoms with Crippen LogP contribution in [0.4, 0.5) is 11.4 Å². The summed E-state index contributed by atoms with van der Waals surface area (Å²) in [7, 11) is 0. The molecule has 1 amide bonds. The molecule has 2 aromatic rings. The van der Waals surface area contributed by atoms with Gasteiger partial charge < -0.3 is 5.32 Å². The minimum Gasteiger partial charge on any atom is -0.322 e. The number of halogens is 2. The molecule has 2 aromatic carbocycles. The molecule has 0 aliphatic rings. The van der Waals surface area contributed by atoms with Gasteiger partial charge in [0.1, 0.15) is 0 Å². The molecule has 0 aliphatic heterocycles. The van der Waals surface area contributed by atoms with Crippen molar-refractivity contribution in [2.75, 3.05) is 5.32 Å². The zero-order chi connectivity index (χ0) is 14.7. The van der Waals surface area contributed by atoms with Crippen molar-refractivity contribution in [3.05, 3.63) is 66.2 Å². The molecule has 2 rings (SSSR count). The van der Waals surface area contributed by atoms with Crippen molar-refractivity contribution in [2.45, 2.75) is 0 Å². The van der Waals surface area contributed by atoms with Crippen LogP contribution < -0.4 is 5.32 Å². The van der Waals surface area contributed by atoms with E-state index in [2.05, 4.69) is 43.8 Å². The molecule has 1 N–H and O–H groups in total. The van der Waals surface area contributed by atoms with Gasteiger partial charge >= 0.3 is 0 Å². The van der Waals surface area contributed by atoms with Gasteiger partial charge in [0.25, 0.3) is 11.6 Å². The number of benzene rings is 2. The number of nitro benzene ring substituents is 1. The molecule has 0 bridgehead atoms. The monoisotopic (exact) mass is 446 g/mol. The molecule has 0 fully saturated rings. The molecule has 5 nitrogen and oxygen atoms in total. The largest absolute Gasteiger partial charge is 0.322 e. The van der Waals surface area contributed by atoms with Gasteiger partial charge in [-0.2, -0.15) is 0 Å². The maximum absolute atomic E-state index is 12.0. The number of anilines is 1. The topological polar surface area (TPSA) is 72.2 Å². The first-order valence-corrected chi connectivity index (χ1v) is 7.35. The van der Waals surface area contributed by atoms with Crippen LogP contribution in [0.25, 0.3) is 0 Å². The molecule has 0 spiro atoms. The van der Waals surface area contributed by atoms with Crippen molar-refractivity contribution in [1.82, 2.24) is 0 Å². The van der Waals surface area contributed by atoms with Crippen LogP contribution in [0.5, 0.6) is 0 Å². The molecule has 0 aromatic heterocycles. The summed E-state index contributed by atoms with van der Waals surface area (Å²) in [5.41, 5.74) is 0.975. The second-order valence-corrected chi connectivity index (χ2v) is 5.98. The summed E-state index contributed by atoms with van der Waals surface area (Å²) >= 11 is 5.27. The van der Waals surface area contributed by atoms with Gasteiger partial charge in [0.05, 0.1) is 9.40 Å². The average molecular weight is 447 g/mol. The van der Waals surface area contributed by atoms with E-state index in [9.17, 15) is 14.9 Å². The quantitative estimate of drug-likeness (QED) is 0.436. The molecule has 0 unspecified atom stereocenters. The van der Waals surface area contributed by atoms with Crippen LogP contribution in [-0.4, -0.2) is 10.8 Å².